The highest BCUT2D eigenvalue weighted by atomic mass is 32.2. The molecule has 3 rings (SSSR count). The second-order valence-corrected chi connectivity index (χ2v) is 7.70. The van der Waals surface area contributed by atoms with Crippen molar-refractivity contribution in [1.82, 2.24) is 9.71 Å². The van der Waals surface area contributed by atoms with Crippen LogP contribution in [0.2, 0.25) is 0 Å². The topological polar surface area (TPSA) is 111 Å². The maximum absolute atomic E-state index is 12.6. The zero-order valence-corrected chi connectivity index (χ0v) is 16.0. The molecule has 0 unspecified atom stereocenters. The van der Waals surface area contributed by atoms with E-state index >= 15 is 0 Å². The number of methoxy groups -OCH3 is 2. The molecule has 0 saturated heterocycles. The Morgan fingerprint density at radius 3 is 2.56 bits per heavy atom. The molecule has 8 nitrogen and oxygen atoms in total. The Hall–Kier alpha value is -2.78. The lowest BCUT2D eigenvalue weighted by molar-refractivity contribution is 0.354. The quantitative estimate of drug-likeness (QED) is 0.636. The highest BCUT2D eigenvalue weighted by molar-refractivity contribution is 7.89. The molecule has 0 aliphatic rings. The molecule has 0 amide bonds. The number of benzene rings is 2. The van der Waals surface area contributed by atoms with E-state index in [4.69, 9.17) is 13.9 Å². The molecule has 27 heavy (non-hydrogen) atoms. The fourth-order valence-electron chi connectivity index (χ4n) is 2.82. The minimum Gasteiger partial charge on any atom is -0.493 e. The van der Waals surface area contributed by atoms with Gasteiger partial charge in [-0.05, 0) is 42.7 Å². The van der Waals surface area contributed by atoms with Crippen LogP contribution < -0.4 is 20.0 Å². The van der Waals surface area contributed by atoms with Gasteiger partial charge in [0, 0.05) is 12.6 Å². The molecule has 2 aromatic carbocycles. The number of nitrogens with one attached hydrogen (secondary N) is 2. The number of ether oxygens (including phenoxy) is 2. The highest BCUT2D eigenvalue weighted by Crippen LogP contribution is 2.27. The number of aromatic nitrogens is 1. The average Bonchev–Trinajstić information content (AvgIpc) is 2.99. The number of H-pyrrole nitrogens is 1. The molecule has 0 saturated carbocycles. The molecule has 0 spiro atoms. The first-order chi connectivity index (χ1) is 12.8. The summed E-state index contributed by atoms with van der Waals surface area (Å²) in [6, 6.07) is 8.35. The van der Waals surface area contributed by atoms with Gasteiger partial charge in [-0.15, -0.1) is 0 Å². The van der Waals surface area contributed by atoms with Gasteiger partial charge in [-0.3, -0.25) is 4.98 Å². The van der Waals surface area contributed by atoms with Crippen molar-refractivity contribution in [2.24, 2.45) is 0 Å². The molecule has 9 heteroatoms. The summed E-state index contributed by atoms with van der Waals surface area (Å²) in [5.41, 5.74) is 2.07. The van der Waals surface area contributed by atoms with Crippen molar-refractivity contribution < 1.29 is 22.3 Å². The minimum atomic E-state index is -3.75. The lowest BCUT2D eigenvalue weighted by Gasteiger charge is -2.11. The molecule has 0 radical (unpaired) electrons. The van der Waals surface area contributed by atoms with Gasteiger partial charge < -0.3 is 13.9 Å². The summed E-state index contributed by atoms with van der Waals surface area (Å²) >= 11 is 0. The molecule has 2 N–H and O–H groups in total. The number of oxazole rings is 1. The maximum atomic E-state index is 12.6. The van der Waals surface area contributed by atoms with Crippen LogP contribution in [-0.2, 0) is 16.4 Å². The molecule has 1 heterocycles. The number of aryl methyl sites for hydroxylation is 1. The first-order valence-electron chi connectivity index (χ1n) is 8.18. The number of aromatic amines is 1. The van der Waals surface area contributed by atoms with E-state index in [0.717, 1.165) is 5.56 Å². The van der Waals surface area contributed by atoms with Gasteiger partial charge in [0.1, 0.15) is 0 Å². The summed E-state index contributed by atoms with van der Waals surface area (Å²) in [4.78, 5) is 13.9. The minimum absolute atomic E-state index is 0.0741. The van der Waals surface area contributed by atoms with Crippen molar-refractivity contribution in [2.75, 3.05) is 20.8 Å². The second-order valence-electron chi connectivity index (χ2n) is 5.97. The van der Waals surface area contributed by atoms with Crippen LogP contribution in [0, 0.1) is 6.92 Å². The van der Waals surface area contributed by atoms with Crippen molar-refractivity contribution >= 4 is 21.1 Å². The van der Waals surface area contributed by atoms with E-state index in [9.17, 15) is 13.2 Å². The Morgan fingerprint density at radius 2 is 1.85 bits per heavy atom. The van der Waals surface area contributed by atoms with Gasteiger partial charge in [0.2, 0.25) is 10.0 Å². The average molecular weight is 392 g/mol. The molecule has 0 atom stereocenters. The van der Waals surface area contributed by atoms with Crippen LogP contribution in [0.3, 0.4) is 0 Å². The van der Waals surface area contributed by atoms with Crippen molar-refractivity contribution in [3.8, 4) is 11.5 Å². The van der Waals surface area contributed by atoms with E-state index in [2.05, 4.69) is 9.71 Å². The fraction of sp³-hybridized carbons (Fsp3) is 0.278. The zero-order chi connectivity index (χ0) is 19.6. The normalized spacial score (nSPS) is 11.7. The van der Waals surface area contributed by atoms with Crippen LogP contribution in [0.4, 0.5) is 0 Å². The first-order valence-corrected chi connectivity index (χ1v) is 9.66. The molecule has 0 aliphatic carbocycles. The monoisotopic (exact) mass is 392 g/mol. The molecule has 0 aliphatic heterocycles. The van der Waals surface area contributed by atoms with Crippen LogP contribution in [-0.4, -0.2) is 34.2 Å². The summed E-state index contributed by atoms with van der Waals surface area (Å²) < 4.78 is 43.2. The van der Waals surface area contributed by atoms with Gasteiger partial charge in [0.15, 0.2) is 17.1 Å². The molecule has 144 valence electrons. The number of rotatable bonds is 7. The summed E-state index contributed by atoms with van der Waals surface area (Å²) in [6.45, 7) is 1.86. The molecule has 1 aromatic heterocycles. The van der Waals surface area contributed by atoms with Gasteiger partial charge in [0.25, 0.3) is 0 Å². The summed E-state index contributed by atoms with van der Waals surface area (Å²) in [5, 5.41) is 0. The van der Waals surface area contributed by atoms with E-state index in [0.29, 0.717) is 29.0 Å². The maximum Gasteiger partial charge on any atom is 0.417 e. The summed E-state index contributed by atoms with van der Waals surface area (Å²) in [7, 11) is -0.656. The summed E-state index contributed by atoms with van der Waals surface area (Å²) in [5.74, 6) is 0.570. The number of sulfonamides is 1. The SMILES string of the molecule is COc1ccc(CCNS(=O)(=O)c2cc3oc(=O)[nH]c3cc2C)cc1OC. The van der Waals surface area contributed by atoms with Crippen molar-refractivity contribution in [2.45, 2.75) is 18.2 Å². The van der Waals surface area contributed by atoms with Crippen molar-refractivity contribution in [3.05, 3.63) is 52.0 Å². The van der Waals surface area contributed by atoms with E-state index < -0.39 is 15.8 Å². The lowest BCUT2D eigenvalue weighted by atomic mass is 10.1. The molecule has 0 bridgehead atoms. The van der Waals surface area contributed by atoms with E-state index in [1.54, 1.807) is 39.3 Å². The Balaban J connectivity index is 1.75. The van der Waals surface area contributed by atoms with Crippen molar-refractivity contribution in [3.63, 3.8) is 0 Å². The smallest absolute Gasteiger partial charge is 0.417 e. The fourth-order valence-corrected chi connectivity index (χ4v) is 4.09. The van der Waals surface area contributed by atoms with E-state index in [1.807, 2.05) is 6.07 Å². The van der Waals surface area contributed by atoms with Gasteiger partial charge >= 0.3 is 5.76 Å². The van der Waals surface area contributed by atoms with Crippen molar-refractivity contribution in [1.29, 1.82) is 0 Å². The van der Waals surface area contributed by atoms with Crippen LogP contribution in [0.25, 0.3) is 11.1 Å². The standard InChI is InChI=1S/C18H20N2O6S/c1-11-8-13-15(26-18(21)20-13)10-17(11)27(22,23)19-7-6-12-4-5-14(24-2)16(9-12)25-3/h4-5,8-10,19H,6-7H2,1-3H3,(H,20,21). The zero-order valence-electron chi connectivity index (χ0n) is 15.2. The molecule has 3 aromatic rings. The Morgan fingerprint density at radius 1 is 1.11 bits per heavy atom. The number of hydrogen-bond acceptors (Lipinski definition) is 6. The molecular formula is C18H20N2O6S. The van der Waals surface area contributed by atoms with Gasteiger partial charge in [-0.1, -0.05) is 6.07 Å². The highest BCUT2D eigenvalue weighted by Gasteiger charge is 2.19. The lowest BCUT2D eigenvalue weighted by Crippen LogP contribution is -2.26. The Bertz CT molecular complexity index is 1130. The third-order valence-electron chi connectivity index (χ3n) is 4.16. The van der Waals surface area contributed by atoms with Gasteiger partial charge in [-0.25, -0.2) is 17.9 Å². The van der Waals surface area contributed by atoms with Crippen LogP contribution in [0.5, 0.6) is 11.5 Å². The van der Waals surface area contributed by atoms with E-state index in [1.165, 1.54) is 6.07 Å². The Labute approximate surface area is 156 Å². The van der Waals surface area contributed by atoms with E-state index in [-0.39, 0.29) is 17.0 Å². The predicted molar refractivity (Wildman–Crippen MR) is 100 cm³/mol. The third kappa shape index (κ3) is 3.99. The van der Waals surface area contributed by atoms with Gasteiger partial charge in [-0.2, -0.15) is 0 Å². The Kier molecular flexibility index (Phi) is 5.24. The third-order valence-corrected chi connectivity index (χ3v) is 5.76. The molecular weight excluding hydrogens is 372 g/mol. The largest absolute Gasteiger partial charge is 0.493 e. The number of hydrogen-bond donors (Lipinski definition) is 2. The molecule has 0 fully saturated rings. The summed E-state index contributed by atoms with van der Waals surface area (Å²) in [6.07, 6.45) is 0.472. The first kappa shape index (κ1) is 19.0. The van der Waals surface area contributed by atoms with Crippen LogP contribution >= 0.6 is 0 Å². The predicted octanol–water partition coefficient (Wildman–Crippen LogP) is 1.97. The van der Waals surface area contributed by atoms with Crippen LogP contribution in [0.15, 0.2) is 44.4 Å². The van der Waals surface area contributed by atoms with Crippen LogP contribution in [0.1, 0.15) is 11.1 Å². The second kappa shape index (κ2) is 7.45. The van der Waals surface area contributed by atoms with Gasteiger partial charge in [0.05, 0.1) is 24.6 Å². The number of fused-ring (bicyclic) bond motifs is 1.